The molecule has 0 unspecified atom stereocenters. The minimum atomic E-state index is -3.49. The first-order chi connectivity index (χ1) is 5.97. The summed E-state index contributed by atoms with van der Waals surface area (Å²) in [5.74, 6) is 1.28. The van der Waals surface area contributed by atoms with Gasteiger partial charge in [-0.15, -0.1) is 0 Å². The quantitative estimate of drug-likeness (QED) is 0.710. The highest BCUT2D eigenvalue weighted by Gasteiger charge is 2.18. The molecule has 1 aliphatic rings. The van der Waals surface area contributed by atoms with Gasteiger partial charge in [0.1, 0.15) is 0 Å². The standard InChI is InChI=1S/C8H18N2O2S/c1-7-2-4-8(5-3-7)6-10-13(9,11)12/h7-8,10H,2-6H2,1H3,(H2,9,11,12). The second-order valence-electron chi connectivity index (χ2n) is 4.02. The van der Waals surface area contributed by atoms with E-state index in [2.05, 4.69) is 11.6 Å². The second-order valence-corrected chi connectivity index (χ2v) is 5.40. The van der Waals surface area contributed by atoms with Crippen molar-refractivity contribution in [1.29, 1.82) is 0 Å². The van der Waals surface area contributed by atoms with Gasteiger partial charge in [0.2, 0.25) is 0 Å². The molecule has 1 saturated carbocycles. The van der Waals surface area contributed by atoms with Crippen LogP contribution < -0.4 is 9.86 Å². The van der Waals surface area contributed by atoms with Crippen molar-refractivity contribution in [3.05, 3.63) is 0 Å². The summed E-state index contributed by atoms with van der Waals surface area (Å²) in [5.41, 5.74) is 0. The summed E-state index contributed by atoms with van der Waals surface area (Å²) in [6.07, 6.45) is 4.64. The molecule has 0 aliphatic heterocycles. The van der Waals surface area contributed by atoms with Crippen molar-refractivity contribution in [3.8, 4) is 0 Å². The summed E-state index contributed by atoms with van der Waals surface area (Å²) >= 11 is 0. The smallest absolute Gasteiger partial charge is 0.216 e. The molecule has 0 radical (unpaired) electrons. The van der Waals surface area contributed by atoms with E-state index in [0.717, 1.165) is 18.8 Å². The summed E-state index contributed by atoms with van der Waals surface area (Å²) in [6, 6.07) is 0. The third kappa shape index (κ3) is 4.59. The monoisotopic (exact) mass is 206 g/mol. The van der Waals surface area contributed by atoms with E-state index in [0.29, 0.717) is 12.5 Å². The first kappa shape index (κ1) is 10.9. The van der Waals surface area contributed by atoms with Crippen LogP contribution in [0.15, 0.2) is 0 Å². The summed E-state index contributed by atoms with van der Waals surface area (Å²) in [4.78, 5) is 0. The van der Waals surface area contributed by atoms with Crippen molar-refractivity contribution >= 4 is 10.2 Å². The highest BCUT2D eigenvalue weighted by Crippen LogP contribution is 2.27. The Kier molecular flexibility index (Phi) is 3.70. The third-order valence-electron chi connectivity index (χ3n) is 2.71. The zero-order valence-electron chi connectivity index (χ0n) is 7.99. The molecule has 0 aromatic rings. The highest BCUT2D eigenvalue weighted by atomic mass is 32.2. The largest absolute Gasteiger partial charge is 0.274 e. The molecular formula is C8H18N2O2S. The van der Waals surface area contributed by atoms with E-state index in [1.165, 1.54) is 12.8 Å². The molecule has 0 aromatic carbocycles. The zero-order valence-corrected chi connectivity index (χ0v) is 8.81. The lowest BCUT2D eigenvalue weighted by Gasteiger charge is -2.25. The van der Waals surface area contributed by atoms with E-state index in [-0.39, 0.29) is 0 Å². The van der Waals surface area contributed by atoms with E-state index in [9.17, 15) is 8.42 Å². The normalized spacial score (nSPS) is 30.3. The number of hydrogen-bond donors (Lipinski definition) is 2. The van der Waals surface area contributed by atoms with Crippen LogP contribution in [0.4, 0.5) is 0 Å². The topological polar surface area (TPSA) is 72.2 Å². The van der Waals surface area contributed by atoms with Crippen LogP contribution in [0.3, 0.4) is 0 Å². The van der Waals surface area contributed by atoms with Crippen molar-refractivity contribution in [1.82, 2.24) is 4.72 Å². The summed E-state index contributed by atoms with van der Waals surface area (Å²) in [7, 11) is -3.49. The van der Waals surface area contributed by atoms with Gasteiger partial charge in [0, 0.05) is 6.54 Å². The van der Waals surface area contributed by atoms with Gasteiger partial charge in [-0.25, -0.2) is 9.86 Å². The summed E-state index contributed by atoms with van der Waals surface area (Å²) in [6.45, 7) is 2.74. The maximum Gasteiger partial charge on any atom is 0.274 e. The fourth-order valence-electron chi connectivity index (χ4n) is 1.77. The molecule has 13 heavy (non-hydrogen) atoms. The average Bonchev–Trinajstić information content (AvgIpc) is 2.02. The minimum Gasteiger partial charge on any atom is -0.216 e. The molecule has 0 aromatic heterocycles. The van der Waals surface area contributed by atoms with Gasteiger partial charge < -0.3 is 0 Å². The first-order valence-corrected chi connectivity index (χ1v) is 6.29. The van der Waals surface area contributed by atoms with E-state index in [1.807, 2.05) is 0 Å². The van der Waals surface area contributed by atoms with E-state index in [4.69, 9.17) is 5.14 Å². The molecule has 1 aliphatic carbocycles. The van der Waals surface area contributed by atoms with Gasteiger partial charge >= 0.3 is 0 Å². The highest BCUT2D eigenvalue weighted by molar-refractivity contribution is 7.87. The Morgan fingerprint density at radius 2 is 1.85 bits per heavy atom. The number of rotatable bonds is 3. The van der Waals surface area contributed by atoms with E-state index in [1.54, 1.807) is 0 Å². The van der Waals surface area contributed by atoms with Gasteiger partial charge in [0.25, 0.3) is 10.2 Å². The Labute approximate surface area is 80.1 Å². The van der Waals surface area contributed by atoms with Gasteiger partial charge in [-0.1, -0.05) is 19.8 Å². The molecule has 5 heteroatoms. The van der Waals surface area contributed by atoms with Gasteiger partial charge in [0.05, 0.1) is 0 Å². The minimum absolute atomic E-state index is 0.481. The van der Waals surface area contributed by atoms with Crippen LogP contribution in [0.5, 0.6) is 0 Å². The van der Waals surface area contributed by atoms with Crippen LogP contribution in [-0.2, 0) is 10.2 Å². The van der Waals surface area contributed by atoms with Crippen molar-refractivity contribution in [2.24, 2.45) is 17.0 Å². The van der Waals surface area contributed by atoms with E-state index < -0.39 is 10.2 Å². The summed E-state index contributed by atoms with van der Waals surface area (Å²) < 4.78 is 23.6. The van der Waals surface area contributed by atoms with Crippen LogP contribution in [0.1, 0.15) is 32.6 Å². The van der Waals surface area contributed by atoms with Gasteiger partial charge in [-0.05, 0) is 24.7 Å². The van der Waals surface area contributed by atoms with Crippen LogP contribution in [0, 0.1) is 11.8 Å². The first-order valence-electron chi connectivity index (χ1n) is 4.75. The molecule has 0 bridgehead atoms. The number of nitrogens with one attached hydrogen (secondary N) is 1. The lowest BCUT2D eigenvalue weighted by Crippen LogP contribution is -2.35. The SMILES string of the molecule is CC1CCC(CNS(N)(=O)=O)CC1. The van der Waals surface area contributed by atoms with Crippen LogP contribution in [0.2, 0.25) is 0 Å². The Hall–Kier alpha value is -0.130. The lowest BCUT2D eigenvalue weighted by molar-refractivity contribution is 0.290. The molecule has 78 valence electrons. The molecule has 1 fully saturated rings. The Morgan fingerprint density at radius 3 is 2.31 bits per heavy atom. The van der Waals surface area contributed by atoms with Crippen molar-refractivity contribution in [2.45, 2.75) is 32.6 Å². The third-order valence-corrected chi connectivity index (χ3v) is 3.28. The molecule has 1 rings (SSSR count). The molecule has 0 amide bonds. The molecule has 4 nitrogen and oxygen atoms in total. The van der Waals surface area contributed by atoms with Crippen molar-refractivity contribution < 1.29 is 8.42 Å². The number of hydrogen-bond acceptors (Lipinski definition) is 2. The number of nitrogens with two attached hydrogens (primary N) is 1. The van der Waals surface area contributed by atoms with Crippen LogP contribution in [-0.4, -0.2) is 15.0 Å². The predicted octanol–water partition coefficient (Wildman–Crippen LogP) is 0.606. The Balaban J connectivity index is 2.24. The Morgan fingerprint density at radius 1 is 1.31 bits per heavy atom. The predicted molar refractivity (Wildman–Crippen MR) is 52.2 cm³/mol. The Bertz CT molecular complexity index is 243. The van der Waals surface area contributed by atoms with Gasteiger partial charge in [-0.2, -0.15) is 8.42 Å². The second kappa shape index (κ2) is 4.39. The van der Waals surface area contributed by atoms with Crippen molar-refractivity contribution in [2.75, 3.05) is 6.54 Å². The van der Waals surface area contributed by atoms with Crippen LogP contribution >= 0.6 is 0 Å². The van der Waals surface area contributed by atoms with Gasteiger partial charge in [-0.3, -0.25) is 0 Å². The van der Waals surface area contributed by atoms with E-state index >= 15 is 0 Å². The maximum atomic E-state index is 10.6. The molecule has 3 N–H and O–H groups in total. The molecule has 0 heterocycles. The maximum absolute atomic E-state index is 10.6. The molecule has 0 spiro atoms. The van der Waals surface area contributed by atoms with Gasteiger partial charge in [0.15, 0.2) is 0 Å². The lowest BCUT2D eigenvalue weighted by atomic mass is 9.83. The fourth-order valence-corrected chi connectivity index (χ4v) is 2.24. The molecule has 0 saturated heterocycles. The molecular weight excluding hydrogens is 188 g/mol. The molecule has 0 atom stereocenters. The fraction of sp³-hybridized carbons (Fsp3) is 1.00. The van der Waals surface area contributed by atoms with Crippen molar-refractivity contribution in [3.63, 3.8) is 0 Å². The summed E-state index contributed by atoms with van der Waals surface area (Å²) in [5, 5.41) is 4.84. The average molecular weight is 206 g/mol. The zero-order chi connectivity index (χ0) is 9.90. The van der Waals surface area contributed by atoms with Crippen LogP contribution in [0.25, 0.3) is 0 Å².